The van der Waals surface area contributed by atoms with Crippen molar-refractivity contribution in [1.29, 1.82) is 0 Å². The topological polar surface area (TPSA) is 81.5 Å². The number of aromatic nitrogens is 3. The van der Waals surface area contributed by atoms with Crippen molar-refractivity contribution < 1.29 is 9.47 Å². The van der Waals surface area contributed by atoms with Crippen molar-refractivity contribution in [1.82, 2.24) is 19.9 Å². The Kier molecular flexibility index (Phi) is 6.69. The fourth-order valence-corrected chi connectivity index (χ4v) is 4.56. The van der Waals surface area contributed by atoms with Crippen molar-refractivity contribution >= 4 is 5.95 Å². The molecule has 2 aromatic carbocycles. The quantitative estimate of drug-likeness (QED) is 0.448. The summed E-state index contributed by atoms with van der Waals surface area (Å²) in [6.07, 6.45) is 3.42. The van der Waals surface area contributed by atoms with E-state index in [1.165, 1.54) is 5.56 Å². The summed E-state index contributed by atoms with van der Waals surface area (Å²) >= 11 is 0. The van der Waals surface area contributed by atoms with Gasteiger partial charge in [-0.25, -0.2) is 4.98 Å². The third-order valence-electron chi connectivity index (χ3n) is 6.58. The first-order valence-electron chi connectivity index (χ1n) is 11.9. The highest BCUT2D eigenvalue weighted by Gasteiger charge is 2.24. The number of anilines is 1. The molecule has 1 aliphatic heterocycles. The highest BCUT2D eigenvalue weighted by Crippen LogP contribution is 2.33. The number of hydrogen-bond donors (Lipinski definition) is 1. The van der Waals surface area contributed by atoms with Gasteiger partial charge in [0.15, 0.2) is 11.5 Å². The number of piperazine rings is 1. The van der Waals surface area contributed by atoms with Gasteiger partial charge >= 0.3 is 0 Å². The average Bonchev–Trinajstić information content (AvgIpc) is 2.94. The number of ether oxygens (including phenoxy) is 2. The van der Waals surface area contributed by atoms with Gasteiger partial charge in [-0.1, -0.05) is 30.3 Å². The molecule has 36 heavy (non-hydrogen) atoms. The second-order valence-electron chi connectivity index (χ2n) is 8.72. The lowest BCUT2D eigenvalue weighted by molar-refractivity contribution is 0.355. The second kappa shape index (κ2) is 10.2. The summed E-state index contributed by atoms with van der Waals surface area (Å²) in [5.74, 6) is 2.08. The number of benzene rings is 2. The summed E-state index contributed by atoms with van der Waals surface area (Å²) in [7, 11) is 5.05. The minimum absolute atomic E-state index is 0.0823. The van der Waals surface area contributed by atoms with Crippen LogP contribution in [-0.2, 0) is 7.05 Å². The molecule has 1 N–H and O–H groups in total. The van der Waals surface area contributed by atoms with Crippen LogP contribution in [0.2, 0.25) is 0 Å². The standard InChI is InChI=1S/C28H29N5O3/c1-32-27(34)17-23(21-10-12-29-13-11-21)31-28(32)33-15-14-30-24(18-33)20-6-4-19(5-7-20)22-8-9-25(35-2)26(16-22)36-3/h4-13,16-17,24,30H,14-15,18H2,1-3H3/t24-/m1/s1. The first-order chi connectivity index (χ1) is 17.6. The Morgan fingerprint density at radius 2 is 1.61 bits per heavy atom. The van der Waals surface area contributed by atoms with Crippen molar-refractivity contribution in [3.63, 3.8) is 0 Å². The van der Waals surface area contributed by atoms with Gasteiger partial charge in [0, 0.05) is 56.7 Å². The molecule has 184 valence electrons. The maximum Gasteiger partial charge on any atom is 0.255 e. The highest BCUT2D eigenvalue weighted by molar-refractivity contribution is 5.67. The molecule has 8 nitrogen and oxygen atoms in total. The van der Waals surface area contributed by atoms with Crippen LogP contribution < -0.4 is 25.2 Å². The van der Waals surface area contributed by atoms with E-state index in [4.69, 9.17) is 14.5 Å². The Morgan fingerprint density at radius 3 is 2.33 bits per heavy atom. The Bertz CT molecular complexity index is 1400. The van der Waals surface area contributed by atoms with Crippen molar-refractivity contribution in [3.05, 3.63) is 89.0 Å². The molecule has 8 heteroatoms. The number of hydrogen-bond acceptors (Lipinski definition) is 7. The molecule has 0 bridgehead atoms. The maximum absolute atomic E-state index is 12.7. The van der Waals surface area contributed by atoms with Crippen LogP contribution in [-0.4, -0.2) is 48.4 Å². The largest absolute Gasteiger partial charge is 0.493 e. The highest BCUT2D eigenvalue weighted by atomic mass is 16.5. The van der Waals surface area contributed by atoms with E-state index in [0.29, 0.717) is 29.7 Å². The second-order valence-corrected chi connectivity index (χ2v) is 8.72. The SMILES string of the molecule is COc1ccc(-c2ccc([C@H]3CN(c4nc(-c5ccncc5)cc(=O)n4C)CCN3)cc2)cc1OC. The lowest BCUT2D eigenvalue weighted by Crippen LogP contribution is -2.47. The van der Waals surface area contributed by atoms with Crippen LogP contribution in [0.1, 0.15) is 11.6 Å². The van der Waals surface area contributed by atoms with E-state index in [-0.39, 0.29) is 11.6 Å². The van der Waals surface area contributed by atoms with E-state index in [1.54, 1.807) is 44.3 Å². The molecule has 0 radical (unpaired) electrons. The number of nitrogens with one attached hydrogen (secondary N) is 1. The molecule has 0 spiro atoms. The normalized spacial score (nSPS) is 15.5. The summed E-state index contributed by atoms with van der Waals surface area (Å²) < 4.78 is 12.4. The van der Waals surface area contributed by atoms with Gasteiger partial charge in [0.05, 0.1) is 19.9 Å². The van der Waals surface area contributed by atoms with E-state index in [2.05, 4.69) is 39.5 Å². The van der Waals surface area contributed by atoms with Gasteiger partial charge in [0.25, 0.3) is 5.56 Å². The third kappa shape index (κ3) is 4.67. The molecule has 0 amide bonds. The van der Waals surface area contributed by atoms with E-state index >= 15 is 0 Å². The third-order valence-corrected chi connectivity index (χ3v) is 6.58. The molecule has 0 saturated carbocycles. The van der Waals surface area contributed by atoms with E-state index in [9.17, 15) is 4.79 Å². The van der Waals surface area contributed by atoms with Crippen LogP contribution in [0.4, 0.5) is 5.95 Å². The summed E-state index contributed by atoms with van der Waals surface area (Å²) in [6, 6.07) is 19.9. The van der Waals surface area contributed by atoms with Gasteiger partial charge < -0.3 is 19.7 Å². The number of nitrogens with zero attached hydrogens (tertiary/aromatic N) is 4. The van der Waals surface area contributed by atoms with Crippen molar-refractivity contribution in [2.75, 3.05) is 38.8 Å². The smallest absolute Gasteiger partial charge is 0.255 e. The monoisotopic (exact) mass is 483 g/mol. The molecular formula is C28H29N5O3. The molecule has 4 aromatic rings. The minimum Gasteiger partial charge on any atom is -0.493 e. The molecular weight excluding hydrogens is 454 g/mol. The zero-order valence-corrected chi connectivity index (χ0v) is 20.6. The first-order valence-corrected chi connectivity index (χ1v) is 11.9. The van der Waals surface area contributed by atoms with Crippen LogP contribution in [0.25, 0.3) is 22.4 Å². The molecule has 1 saturated heterocycles. The van der Waals surface area contributed by atoms with Crippen molar-refractivity contribution in [2.45, 2.75) is 6.04 Å². The van der Waals surface area contributed by atoms with Gasteiger partial charge in [-0.3, -0.25) is 14.3 Å². The van der Waals surface area contributed by atoms with Gasteiger partial charge in [-0.2, -0.15) is 0 Å². The van der Waals surface area contributed by atoms with Crippen LogP contribution in [0.5, 0.6) is 11.5 Å². The van der Waals surface area contributed by atoms with Gasteiger partial charge in [-0.05, 0) is 41.0 Å². The zero-order valence-electron chi connectivity index (χ0n) is 20.6. The van der Waals surface area contributed by atoms with Crippen LogP contribution in [0.15, 0.2) is 77.9 Å². The van der Waals surface area contributed by atoms with Crippen molar-refractivity contribution in [3.8, 4) is 33.9 Å². The Balaban J connectivity index is 1.38. The maximum atomic E-state index is 12.7. The molecule has 0 aliphatic carbocycles. The Labute approximate surface area is 210 Å². The van der Waals surface area contributed by atoms with Gasteiger partial charge in [0.1, 0.15) is 0 Å². The molecule has 1 fully saturated rings. The van der Waals surface area contributed by atoms with Crippen molar-refractivity contribution in [2.24, 2.45) is 7.05 Å². The lowest BCUT2D eigenvalue weighted by atomic mass is 9.99. The minimum atomic E-state index is -0.0823. The number of rotatable bonds is 6. The summed E-state index contributed by atoms with van der Waals surface area (Å²) in [5, 5.41) is 3.61. The molecule has 5 rings (SSSR count). The lowest BCUT2D eigenvalue weighted by Gasteiger charge is -2.35. The zero-order chi connectivity index (χ0) is 25.1. The number of pyridine rings is 1. The van der Waals surface area contributed by atoms with E-state index < -0.39 is 0 Å². The molecule has 0 unspecified atom stereocenters. The van der Waals surface area contributed by atoms with Crippen LogP contribution in [0, 0.1) is 0 Å². The average molecular weight is 484 g/mol. The molecule has 2 aromatic heterocycles. The fourth-order valence-electron chi connectivity index (χ4n) is 4.56. The fraction of sp³-hybridized carbons (Fsp3) is 0.250. The van der Waals surface area contributed by atoms with Gasteiger partial charge in [-0.15, -0.1) is 0 Å². The summed E-state index contributed by atoms with van der Waals surface area (Å²) in [6.45, 7) is 2.26. The molecule has 3 heterocycles. The summed E-state index contributed by atoms with van der Waals surface area (Å²) in [4.78, 5) is 23.8. The van der Waals surface area contributed by atoms with E-state index in [0.717, 1.165) is 29.8 Å². The first kappa shape index (κ1) is 23.6. The summed E-state index contributed by atoms with van der Waals surface area (Å²) in [5.41, 5.74) is 4.79. The molecule has 1 atom stereocenters. The van der Waals surface area contributed by atoms with Crippen LogP contribution in [0.3, 0.4) is 0 Å². The number of methoxy groups -OCH3 is 2. The predicted molar refractivity (Wildman–Crippen MR) is 141 cm³/mol. The van der Waals surface area contributed by atoms with Gasteiger partial charge in [0.2, 0.25) is 5.95 Å². The van der Waals surface area contributed by atoms with E-state index in [1.807, 2.05) is 30.3 Å². The Morgan fingerprint density at radius 1 is 0.889 bits per heavy atom. The van der Waals surface area contributed by atoms with Crippen LogP contribution >= 0.6 is 0 Å². The molecule has 1 aliphatic rings. The Hall–Kier alpha value is -4.17. The predicted octanol–water partition coefficient (Wildman–Crippen LogP) is 3.68.